The molecule has 1 saturated heterocycles. The molecule has 0 spiro atoms. The molecule has 0 saturated carbocycles. The SMILES string of the molecule is Cc1c(C(C)NC(=O)C2CCNC2)cnn1C. The van der Waals surface area contributed by atoms with Crippen LogP contribution in [0.2, 0.25) is 0 Å². The summed E-state index contributed by atoms with van der Waals surface area (Å²) in [5, 5.41) is 10.5. The third kappa shape index (κ3) is 2.49. The van der Waals surface area contributed by atoms with Gasteiger partial charge in [-0.1, -0.05) is 0 Å². The van der Waals surface area contributed by atoms with E-state index in [1.165, 1.54) is 0 Å². The van der Waals surface area contributed by atoms with Crippen molar-refractivity contribution < 1.29 is 4.79 Å². The standard InChI is InChI=1S/C12H20N4O/c1-8(11-7-14-16(3)9(11)2)15-12(17)10-4-5-13-6-10/h7-8,10,13H,4-6H2,1-3H3,(H,15,17). The van der Waals surface area contributed by atoms with Crippen molar-refractivity contribution in [2.24, 2.45) is 13.0 Å². The van der Waals surface area contributed by atoms with Gasteiger partial charge in [0.1, 0.15) is 0 Å². The second-order valence-electron chi connectivity index (χ2n) is 4.73. The van der Waals surface area contributed by atoms with E-state index in [0.717, 1.165) is 30.8 Å². The van der Waals surface area contributed by atoms with Crippen molar-refractivity contribution in [3.05, 3.63) is 17.5 Å². The lowest BCUT2D eigenvalue weighted by Gasteiger charge is -2.16. The molecule has 1 aromatic rings. The first-order valence-electron chi connectivity index (χ1n) is 6.09. The van der Waals surface area contributed by atoms with Gasteiger partial charge in [0.25, 0.3) is 0 Å². The Balaban J connectivity index is 1.98. The quantitative estimate of drug-likeness (QED) is 0.804. The van der Waals surface area contributed by atoms with Crippen LogP contribution in [0.3, 0.4) is 0 Å². The fourth-order valence-corrected chi connectivity index (χ4v) is 2.23. The maximum atomic E-state index is 12.0. The van der Waals surface area contributed by atoms with Gasteiger partial charge in [-0.2, -0.15) is 5.10 Å². The van der Waals surface area contributed by atoms with Crippen LogP contribution in [-0.4, -0.2) is 28.8 Å². The van der Waals surface area contributed by atoms with Crippen LogP contribution in [0.4, 0.5) is 0 Å². The largest absolute Gasteiger partial charge is 0.349 e. The zero-order valence-corrected chi connectivity index (χ0v) is 10.7. The highest BCUT2D eigenvalue weighted by Gasteiger charge is 2.24. The van der Waals surface area contributed by atoms with Gasteiger partial charge in [-0.15, -0.1) is 0 Å². The second-order valence-corrected chi connectivity index (χ2v) is 4.73. The summed E-state index contributed by atoms with van der Waals surface area (Å²) >= 11 is 0. The number of hydrogen-bond donors (Lipinski definition) is 2. The molecule has 1 aliphatic heterocycles. The van der Waals surface area contributed by atoms with Crippen LogP contribution in [0.1, 0.15) is 30.6 Å². The molecule has 2 unspecified atom stereocenters. The van der Waals surface area contributed by atoms with Crippen LogP contribution in [0.15, 0.2) is 6.20 Å². The summed E-state index contributed by atoms with van der Waals surface area (Å²) in [5.41, 5.74) is 2.19. The van der Waals surface area contributed by atoms with Gasteiger partial charge >= 0.3 is 0 Å². The van der Waals surface area contributed by atoms with E-state index in [1.54, 1.807) is 0 Å². The lowest BCUT2D eigenvalue weighted by Crippen LogP contribution is -2.34. The summed E-state index contributed by atoms with van der Waals surface area (Å²) in [6, 6.07) is 0.0248. The molecule has 5 heteroatoms. The Kier molecular flexibility index (Phi) is 3.47. The van der Waals surface area contributed by atoms with E-state index in [-0.39, 0.29) is 17.9 Å². The zero-order valence-electron chi connectivity index (χ0n) is 10.7. The first kappa shape index (κ1) is 12.1. The maximum Gasteiger partial charge on any atom is 0.224 e. The number of aryl methyl sites for hydroxylation is 1. The first-order chi connectivity index (χ1) is 8.09. The van der Waals surface area contributed by atoms with E-state index >= 15 is 0 Å². The summed E-state index contributed by atoms with van der Waals surface area (Å²) in [4.78, 5) is 12.0. The Morgan fingerprint density at radius 1 is 1.71 bits per heavy atom. The molecule has 0 aromatic carbocycles. The van der Waals surface area contributed by atoms with Crippen LogP contribution < -0.4 is 10.6 Å². The average Bonchev–Trinajstić information content (AvgIpc) is 2.90. The number of carbonyl (C=O) groups excluding carboxylic acids is 1. The Hall–Kier alpha value is -1.36. The topological polar surface area (TPSA) is 59.0 Å². The molecular weight excluding hydrogens is 216 g/mol. The number of nitrogens with one attached hydrogen (secondary N) is 2. The fraction of sp³-hybridized carbons (Fsp3) is 0.667. The molecule has 1 amide bonds. The van der Waals surface area contributed by atoms with Gasteiger partial charge in [-0.3, -0.25) is 9.48 Å². The predicted molar refractivity (Wildman–Crippen MR) is 65.5 cm³/mol. The second kappa shape index (κ2) is 4.87. The number of carbonyl (C=O) groups is 1. The monoisotopic (exact) mass is 236 g/mol. The van der Waals surface area contributed by atoms with E-state index < -0.39 is 0 Å². The van der Waals surface area contributed by atoms with Crippen LogP contribution in [0, 0.1) is 12.8 Å². The molecule has 17 heavy (non-hydrogen) atoms. The van der Waals surface area contributed by atoms with Crippen molar-refractivity contribution in [3.8, 4) is 0 Å². The van der Waals surface area contributed by atoms with E-state index in [0.29, 0.717) is 0 Å². The molecule has 2 heterocycles. The smallest absolute Gasteiger partial charge is 0.224 e. The molecule has 1 fully saturated rings. The molecule has 1 aromatic heterocycles. The maximum absolute atomic E-state index is 12.0. The minimum atomic E-state index is 0.0248. The number of hydrogen-bond acceptors (Lipinski definition) is 3. The summed E-state index contributed by atoms with van der Waals surface area (Å²) < 4.78 is 1.83. The highest BCUT2D eigenvalue weighted by Crippen LogP contribution is 2.17. The minimum Gasteiger partial charge on any atom is -0.349 e. The van der Waals surface area contributed by atoms with Crippen molar-refractivity contribution in [1.29, 1.82) is 0 Å². The third-order valence-corrected chi connectivity index (χ3v) is 3.53. The Morgan fingerprint density at radius 3 is 3.00 bits per heavy atom. The highest BCUT2D eigenvalue weighted by molar-refractivity contribution is 5.79. The van der Waals surface area contributed by atoms with E-state index in [1.807, 2.05) is 31.8 Å². The number of rotatable bonds is 3. The van der Waals surface area contributed by atoms with Crippen molar-refractivity contribution in [2.75, 3.05) is 13.1 Å². The van der Waals surface area contributed by atoms with Crippen molar-refractivity contribution in [2.45, 2.75) is 26.3 Å². The van der Waals surface area contributed by atoms with Gasteiger partial charge in [0.15, 0.2) is 0 Å². The molecule has 1 aliphatic rings. The summed E-state index contributed by atoms with van der Waals surface area (Å²) in [6.45, 7) is 5.76. The van der Waals surface area contributed by atoms with Gasteiger partial charge in [-0.25, -0.2) is 0 Å². The highest BCUT2D eigenvalue weighted by atomic mass is 16.2. The summed E-state index contributed by atoms with van der Waals surface area (Å²) in [5.74, 6) is 0.264. The van der Waals surface area contributed by atoms with Crippen LogP contribution in [0.5, 0.6) is 0 Å². The van der Waals surface area contributed by atoms with Gasteiger partial charge in [0.05, 0.1) is 18.2 Å². The molecule has 0 aliphatic carbocycles. The van der Waals surface area contributed by atoms with Crippen molar-refractivity contribution in [3.63, 3.8) is 0 Å². The molecule has 94 valence electrons. The zero-order chi connectivity index (χ0) is 12.4. The fourth-order valence-electron chi connectivity index (χ4n) is 2.23. The van der Waals surface area contributed by atoms with Crippen LogP contribution in [-0.2, 0) is 11.8 Å². The van der Waals surface area contributed by atoms with Crippen LogP contribution >= 0.6 is 0 Å². The lowest BCUT2D eigenvalue weighted by atomic mass is 10.1. The number of nitrogens with zero attached hydrogens (tertiary/aromatic N) is 2. The summed E-state index contributed by atoms with van der Waals surface area (Å²) in [7, 11) is 1.91. The number of aromatic nitrogens is 2. The molecule has 5 nitrogen and oxygen atoms in total. The molecule has 0 radical (unpaired) electrons. The van der Waals surface area contributed by atoms with E-state index in [4.69, 9.17) is 0 Å². The predicted octanol–water partition coefficient (Wildman–Crippen LogP) is 0.515. The normalized spacial score (nSPS) is 21.5. The van der Waals surface area contributed by atoms with Crippen molar-refractivity contribution >= 4 is 5.91 Å². The van der Waals surface area contributed by atoms with Gasteiger partial charge in [0, 0.05) is 24.8 Å². The third-order valence-electron chi connectivity index (χ3n) is 3.53. The molecule has 2 rings (SSSR count). The number of amides is 1. The Labute approximate surface area is 102 Å². The van der Waals surface area contributed by atoms with Crippen molar-refractivity contribution in [1.82, 2.24) is 20.4 Å². The molecule has 0 bridgehead atoms. The van der Waals surface area contributed by atoms with Crippen LogP contribution in [0.25, 0.3) is 0 Å². The average molecular weight is 236 g/mol. The molecule has 2 atom stereocenters. The summed E-state index contributed by atoms with van der Waals surface area (Å²) in [6.07, 6.45) is 2.76. The van der Waals surface area contributed by atoms with E-state index in [9.17, 15) is 4.79 Å². The Bertz CT molecular complexity index is 407. The minimum absolute atomic E-state index is 0.0248. The first-order valence-corrected chi connectivity index (χ1v) is 6.09. The van der Waals surface area contributed by atoms with Gasteiger partial charge in [-0.05, 0) is 26.8 Å². The lowest BCUT2D eigenvalue weighted by molar-refractivity contribution is -0.125. The molecule has 2 N–H and O–H groups in total. The van der Waals surface area contributed by atoms with E-state index in [2.05, 4.69) is 15.7 Å². The Morgan fingerprint density at radius 2 is 2.47 bits per heavy atom. The van der Waals surface area contributed by atoms with Gasteiger partial charge in [0.2, 0.25) is 5.91 Å². The van der Waals surface area contributed by atoms with Gasteiger partial charge < -0.3 is 10.6 Å². The molecular formula is C12H20N4O.